The highest BCUT2D eigenvalue weighted by atomic mass is 79.9. The van der Waals surface area contributed by atoms with Crippen molar-refractivity contribution in [2.75, 3.05) is 13.2 Å². The van der Waals surface area contributed by atoms with E-state index in [1.54, 1.807) is 23.1 Å². The van der Waals surface area contributed by atoms with E-state index in [4.69, 9.17) is 16.3 Å². The van der Waals surface area contributed by atoms with Gasteiger partial charge in [0.05, 0.1) is 4.47 Å². The molecule has 1 N–H and O–H groups in total. The van der Waals surface area contributed by atoms with Crippen molar-refractivity contribution in [1.82, 2.24) is 10.2 Å². The molecule has 2 aromatic carbocycles. The highest BCUT2D eigenvalue weighted by molar-refractivity contribution is 9.10. The fraction of sp³-hybridized carbons (Fsp3) is 0.391. The molecular formula is C23H28BrClN2O3. The number of halogens is 2. The Hall–Kier alpha value is -2.05. The van der Waals surface area contributed by atoms with E-state index in [-0.39, 0.29) is 18.4 Å². The summed E-state index contributed by atoms with van der Waals surface area (Å²) in [6, 6.07) is 14.2. The van der Waals surface area contributed by atoms with Gasteiger partial charge in [-0.1, -0.05) is 62.2 Å². The molecule has 0 aliphatic heterocycles. The Morgan fingerprint density at radius 2 is 1.90 bits per heavy atom. The zero-order valence-electron chi connectivity index (χ0n) is 17.4. The van der Waals surface area contributed by atoms with Crippen molar-refractivity contribution in [3.63, 3.8) is 0 Å². The van der Waals surface area contributed by atoms with Gasteiger partial charge in [0.25, 0.3) is 5.91 Å². The number of carbonyl (C=O) groups excluding carboxylic acids is 2. The van der Waals surface area contributed by atoms with Crippen molar-refractivity contribution in [1.29, 1.82) is 0 Å². The number of unbranched alkanes of at least 4 members (excludes halogenated alkanes) is 1. The monoisotopic (exact) mass is 494 g/mol. The Morgan fingerprint density at radius 3 is 2.53 bits per heavy atom. The summed E-state index contributed by atoms with van der Waals surface area (Å²) in [5.74, 6) is 0.133. The first-order chi connectivity index (χ1) is 14.5. The molecular weight excluding hydrogens is 468 g/mol. The predicted octanol–water partition coefficient (Wildman–Crippen LogP) is 5.21. The Kier molecular flexibility index (Phi) is 10.2. The number of carbonyl (C=O) groups is 2. The molecule has 0 bridgehead atoms. The van der Waals surface area contributed by atoms with Crippen LogP contribution in [-0.4, -0.2) is 35.9 Å². The Bertz CT molecular complexity index is 832. The lowest BCUT2D eigenvalue weighted by Crippen LogP contribution is -2.50. The van der Waals surface area contributed by atoms with Crippen LogP contribution in [0.3, 0.4) is 0 Å². The number of benzene rings is 2. The van der Waals surface area contributed by atoms with Gasteiger partial charge < -0.3 is 15.0 Å². The van der Waals surface area contributed by atoms with Gasteiger partial charge >= 0.3 is 0 Å². The Labute approximate surface area is 191 Å². The molecule has 1 unspecified atom stereocenters. The van der Waals surface area contributed by atoms with Crippen LogP contribution in [0.15, 0.2) is 53.0 Å². The summed E-state index contributed by atoms with van der Waals surface area (Å²) in [5.41, 5.74) is 0.957. The molecule has 2 amide bonds. The number of hydrogen-bond acceptors (Lipinski definition) is 3. The van der Waals surface area contributed by atoms with Gasteiger partial charge in [-0.15, -0.1) is 0 Å². The fourth-order valence-corrected chi connectivity index (χ4v) is 3.82. The first-order valence-corrected chi connectivity index (χ1v) is 11.3. The van der Waals surface area contributed by atoms with E-state index < -0.39 is 6.04 Å². The molecule has 7 heteroatoms. The van der Waals surface area contributed by atoms with Gasteiger partial charge in [-0.3, -0.25) is 9.59 Å². The molecule has 2 aromatic rings. The molecule has 0 aromatic heterocycles. The fourth-order valence-electron chi connectivity index (χ4n) is 3.02. The van der Waals surface area contributed by atoms with Crippen LogP contribution < -0.4 is 10.1 Å². The molecule has 0 aliphatic rings. The molecule has 2 rings (SSSR count). The van der Waals surface area contributed by atoms with Crippen LogP contribution >= 0.6 is 27.5 Å². The van der Waals surface area contributed by atoms with Crippen LogP contribution in [0.1, 0.15) is 38.7 Å². The molecule has 0 spiro atoms. The zero-order chi connectivity index (χ0) is 21.9. The highest BCUT2D eigenvalue weighted by Gasteiger charge is 2.28. The van der Waals surface area contributed by atoms with Crippen LogP contribution in [0.25, 0.3) is 0 Å². The number of nitrogens with one attached hydrogen (secondary N) is 1. The summed E-state index contributed by atoms with van der Waals surface area (Å²) in [4.78, 5) is 27.5. The maximum Gasteiger partial charge on any atom is 0.261 e. The normalized spacial score (nSPS) is 11.6. The first-order valence-electron chi connectivity index (χ1n) is 10.1. The number of hydrogen-bond donors (Lipinski definition) is 1. The van der Waals surface area contributed by atoms with E-state index >= 15 is 0 Å². The number of rotatable bonds is 11. The van der Waals surface area contributed by atoms with Crippen molar-refractivity contribution in [2.24, 2.45) is 0 Å². The largest absolute Gasteiger partial charge is 0.483 e. The smallest absolute Gasteiger partial charge is 0.261 e. The van der Waals surface area contributed by atoms with Gasteiger partial charge in [0.1, 0.15) is 11.8 Å². The van der Waals surface area contributed by atoms with Crippen molar-refractivity contribution in [3.8, 4) is 5.75 Å². The molecule has 1 atom stereocenters. The van der Waals surface area contributed by atoms with Crippen LogP contribution in [0.4, 0.5) is 0 Å². The SMILES string of the molecule is CCCCNC(=O)C(CC)N(Cc1ccccc1)C(=O)COc1ccc(Cl)cc1Br. The minimum Gasteiger partial charge on any atom is -0.483 e. The van der Waals surface area contributed by atoms with Crippen molar-refractivity contribution >= 4 is 39.3 Å². The zero-order valence-corrected chi connectivity index (χ0v) is 19.7. The summed E-state index contributed by atoms with van der Waals surface area (Å²) in [5, 5.41) is 3.52. The highest BCUT2D eigenvalue weighted by Crippen LogP contribution is 2.28. The summed E-state index contributed by atoms with van der Waals surface area (Å²) in [7, 11) is 0. The molecule has 0 saturated heterocycles. The maximum absolute atomic E-state index is 13.1. The lowest BCUT2D eigenvalue weighted by Gasteiger charge is -2.30. The molecule has 0 radical (unpaired) electrons. The van der Waals surface area contributed by atoms with Crippen molar-refractivity contribution < 1.29 is 14.3 Å². The third kappa shape index (κ3) is 7.33. The molecule has 0 fully saturated rings. The molecule has 0 saturated carbocycles. The molecule has 0 aliphatic carbocycles. The summed E-state index contributed by atoms with van der Waals surface area (Å²) in [6.07, 6.45) is 2.41. The topological polar surface area (TPSA) is 58.6 Å². The van der Waals surface area contributed by atoms with Gasteiger partial charge in [-0.05, 0) is 52.5 Å². The third-order valence-electron chi connectivity index (χ3n) is 4.66. The predicted molar refractivity (Wildman–Crippen MR) is 124 cm³/mol. The average Bonchev–Trinajstić information content (AvgIpc) is 2.73. The van der Waals surface area contributed by atoms with Crippen molar-refractivity contribution in [2.45, 2.75) is 45.7 Å². The third-order valence-corrected chi connectivity index (χ3v) is 5.51. The summed E-state index contributed by atoms with van der Waals surface area (Å²) < 4.78 is 6.39. The second-order valence-electron chi connectivity index (χ2n) is 6.94. The standard InChI is InChI=1S/C23H28BrClN2O3/c1-3-5-13-26-23(29)20(4-2)27(15-17-9-7-6-8-10-17)22(28)16-30-21-12-11-18(25)14-19(21)24/h6-12,14,20H,3-5,13,15-16H2,1-2H3,(H,26,29). The lowest BCUT2D eigenvalue weighted by atomic mass is 10.1. The van der Waals surface area contributed by atoms with Crippen LogP contribution in [-0.2, 0) is 16.1 Å². The number of nitrogens with zero attached hydrogens (tertiary/aromatic N) is 1. The first kappa shape index (κ1) is 24.2. The Morgan fingerprint density at radius 1 is 1.17 bits per heavy atom. The minimum absolute atomic E-state index is 0.136. The maximum atomic E-state index is 13.1. The number of ether oxygens (including phenoxy) is 1. The van der Waals surface area contributed by atoms with E-state index in [9.17, 15) is 9.59 Å². The van der Waals surface area contributed by atoms with E-state index in [1.165, 1.54) is 0 Å². The summed E-state index contributed by atoms with van der Waals surface area (Å²) in [6.45, 7) is 4.75. The molecule has 162 valence electrons. The van der Waals surface area contributed by atoms with Crippen LogP contribution in [0, 0.1) is 0 Å². The van der Waals surface area contributed by atoms with E-state index in [0.717, 1.165) is 18.4 Å². The summed E-state index contributed by atoms with van der Waals surface area (Å²) >= 11 is 9.35. The van der Waals surface area contributed by atoms with Gasteiger partial charge in [-0.2, -0.15) is 0 Å². The van der Waals surface area contributed by atoms with Gasteiger partial charge in [0.2, 0.25) is 5.91 Å². The molecule has 5 nitrogen and oxygen atoms in total. The molecule has 30 heavy (non-hydrogen) atoms. The number of amides is 2. The average molecular weight is 496 g/mol. The van der Waals surface area contributed by atoms with E-state index in [1.807, 2.05) is 37.3 Å². The lowest BCUT2D eigenvalue weighted by molar-refractivity contribution is -0.143. The molecule has 0 heterocycles. The van der Waals surface area contributed by atoms with Crippen LogP contribution in [0.2, 0.25) is 5.02 Å². The second kappa shape index (κ2) is 12.6. The quantitative estimate of drug-likeness (QED) is 0.436. The Balaban J connectivity index is 2.16. The van der Waals surface area contributed by atoms with Crippen molar-refractivity contribution in [3.05, 3.63) is 63.6 Å². The van der Waals surface area contributed by atoms with Gasteiger partial charge in [0.15, 0.2) is 6.61 Å². The van der Waals surface area contributed by atoms with Crippen LogP contribution in [0.5, 0.6) is 5.75 Å². The van der Waals surface area contributed by atoms with E-state index in [2.05, 4.69) is 28.2 Å². The minimum atomic E-state index is -0.563. The van der Waals surface area contributed by atoms with Gasteiger partial charge in [-0.25, -0.2) is 0 Å². The van der Waals surface area contributed by atoms with E-state index in [0.29, 0.717) is 34.8 Å². The van der Waals surface area contributed by atoms with Gasteiger partial charge in [0, 0.05) is 18.1 Å². The second-order valence-corrected chi connectivity index (χ2v) is 8.23.